The predicted octanol–water partition coefficient (Wildman–Crippen LogP) is 8.59. The van der Waals surface area contributed by atoms with Crippen molar-refractivity contribution >= 4 is 21.9 Å². The highest BCUT2D eigenvalue weighted by Gasteiger charge is 2.28. The first kappa shape index (κ1) is 23.5. The Balaban J connectivity index is 1.68. The molecule has 0 aliphatic heterocycles. The summed E-state index contributed by atoms with van der Waals surface area (Å²) in [6, 6.07) is 23.4. The monoisotopic (exact) mass is 485 g/mol. The Labute approximate surface area is 219 Å². The van der Waals surface area contributed by atoms with Crippen LogP contribution in [0.3, 0.4) is 0 Å². The highest BCUT2D eigenvalue weighted by molar-refractivity contribution is 6.15. The number of benzene rings is 3. The summed E-state index contributed by atoms with van der Waals surface area (Å²) in [4.78, 5) is 0. The molecule has 1 saturated carbocycles. The lowest BCUT2D eigenvalue weighted by Crippen LogP contribution is -2.36. The molecule has 1 aliphatic carbocycles. The number of rotatable bonds is 3. The van der Waals surface area contributed by atoms with Gasteiger partial charge >= 0.3 is 0 Å². The van der Waals surface area contributed by atoms with E-state index in [1.807, 2.05) is 30.3 Å². The zero-order valence-electron chi connectivity index (χ0n) is 22.2. The van der Waals surface area contributed by atoms with Crippen LogP contribution in [0.1, 0.15) is 66.0 Å². The number of aryl methyl sites for hydroxylation is 1. The lowest BCUT2D eigenvalue weighted by Gasteiger charge is -2.24. The second kappa shape index (κ2) is 9.20. The zero-order valence-corrected chi connectivity index (χ0v) is 22.2. The summed E-state index contributed by atoms with van der Waals surface area (Å²) >= 11 is 0. The maximum absolute atomic E-state index is 10.0. The van der Waals surface area contributed by atoms with Crippen molar-refractivity contribution in [2.45, 2.75) is 58.8 Å². The van der Waals surface area contributed by atoms with Gasteiger partial charge in [-0.15, -0.1) is 0 Å². The molecular weight excluding hydrogens is 452 g/mol. The molecule has 0 radical (unpaired) electrons. The Morgan fingerprint density at radius 3 is 2.38 bits per heavy atom. The molecule has 0 amide bonds. The molecule has 3 aromatic carbocycles. The first-order chi connectivity index (χ1) is 18.0. The summed E-state index contributed by atoms with van der Waals surface area (Å²) in [5.41, 5.74) is 12.1. The van der Waals surface area contributed by atoms with Crippen LogP contribution < -0.4 is 4.57 Å². The second-order valence-electron chi connectivity index (χ2n) is 10.7. The van der Waals surface area contributed by atoms with E-state index >= 15 is 0 Å². The minimum absolute atomic E-state index is 0.623. The van der Waals surface area contributed by atoms with Crippen molar-refractivity contribution < 1.29 is 8.98 Å². The molecule has 5 aromatic rings. The molecule has 0 bridgehead atoms. The molecule has 1 fully saturated rings. The Hall–Kier alpha value is -3.90. The zero-order chi connectivity index (χ0) is 25.7. The van der Waals surface area contributed by atoms with E-state index < -0.39 is 0 Å². The van der Waals surface area contributed by atoms with E-state index in [0.717, 1.165) is 38.6 Å². The molecule has 2 heterocycles. The fourth-order valence-corrected chi connectivity index (χ4v) is 6.37. The number of hydrogen-bond acceptors (Lipinski definition) is 2. The SMILES string of the molecule is Cc1ccc2c(oc3c(-c4ccccc4)ccc(C#N)c32)c1-c1cc(C2CCCCC2)c(C)c(C)[n+]1C. The smallest absolute Gasteiger partial charge is 0.216 e. The lowest BCUT2D eigenvalue weighted by atomic mass is 9.81. The molecule has 2 aromatic heterocycles. The van der Waals surface area contributed by atoms with Crippen LogP contribution in [0.2, 0.25) is 0 Å². The molecule has 6 rings (SSSR count). The number of pyridine rings is 1. The first-order valence-electron chi connectivity index (χ1n) is 13.4. The van der Waals surface area contributed by atoms with Crippen molar-refractivity contribution in [2.75, 3.05) is 0 Å². The minimum Gasteiger partial charge on any atom is -0.454 e. The quantitative estimate of drug-likeness (QED) is 0.240. The van der Waals surface area contributed by atoms with Crippen molar-refractivity contribution in [3.05, 3.63) is 88.6 Å². The maximum Gasteiger partial charge on any atom is 0.216 e. The van der Waals surface area contributed by atoms with E-state index in [-0.39, 0.29) is 0 Å². The van der Waals surface area contributed by atoms with Crippen LogP contribution in [0.5, 0.6) is 0 Å². The van der Waals surface area contributed by atoms with E-state index in [9.17, 15) is 5.26 Å². The van der Waals surface area contributed by atoms with E-state index in [1.165, 1.54) is 60.2 Å². The van der Waals surface area contributed by atoms with Gasteiger partial charge in [0.1, 0.15) is 18.2 Å². The summed E-state index contributed by atoms with van der Waals surface area (Å²) in [5, 5.41) is 11.9. The number of nitriles is 1. The molecular formula is C34H33N2O+. The van der Waals surface area contributed by atoms with Crippen LogP contribution in [-0.4, -0.2) is 0 Å². The molecule has 1 aliphatic rings. The van der Waals surface area contributed by atoms with E-state index in [0.29, 0.717) is 11.5 Å². The van der Waals surface area contributed by atoms with Gasteiger partial charge in [0.25, 0.3) is 0 Å². The van der Waals surface area contributed by atoms with E-state index in [2.05, 4.69) is 68.8 Å². The maximum atomic E-state index is 10.0. The second-order valence-corrected chi connectivity index (χ2v) is 10.7. The number of nitrogens with zero attached hydrogens (tertiary/aromatic N) is 2. The fourth-order valence-electron chi connectivity index (χ4n) is 6.37. The van der Waals surface area contributed by atoms with Gasteiger partial charge in [0.2, 0.25) is 5.69 Å². The van der Waals surface area contributed by atoms with Crippen molar-refractivity contribution in [1.29, 1.82) is 5.26 Å². The van der Waals surface area contributed by atoms with Gasteiger partial charge in [-0.3, -0.25) is 0 Å². The van der Waals surface area contributed by atoms with Gasteiger partial charge < -0.3 is 4.42 Å². The first-order valence-corrected chi connectivity index (χ1v) is 13.4. The molecule has 0 spiro atoms. The number of furan rings is 1. The third kappa shape index (κ3) is 3.75. The predicted molar refractivity (Wildman–Crippen MR) is 151 cm³/mol. The Morgan fingerprint density at radius 1 is 0.892 bits per heavy atom. The van der Waals surface area contributed by atoms with E-state index in [1.54, 1.807) is 0 Å². The van der Waals surface area contributed by atoms with Gasteiger partial charge in [0.05, 0.1) is 17.2 Å². The standard InChI is InChI=1S/C34H33N2O/c1-21-15-17-28-32-26(20-35)16-18-27(24-11-7-5-8-12-24)33(32)37-34(28)31(21)30-19-29(22(2)23(3)36(30)4)25-13-9-6-10-14-25/h5,7-8,11-12,15-19,25H,6,9-10,13-14H2,1-4H3/q+1. The summed E-state index contributed by atoms with van der Waals surface area (Å²) in [5.74, 6) is 0.623. The molecule has 3 nitrogen and oxygen atoms in total. The highest BCUT2D eigenvalue weighted by Crippen LogP contribution is 2.43. The fraction of sp³-hybridized carbons (Fsp3) is 0.294. The minimum atomic E-state index is 0.623. The van der Waals surface area contributed by atoms with Gasteiger partial charge in [-0.2, -0.15) is 9.83 Å². The molecule has 0 N–H and O–H groups in total. The van der Waals surface area contributed by atoms with Crippen LogP contribution in [0.25, 0.3) is 44.3 Å². The highest BCUT2D eigenvalue weighted by atomic mass is 16.3. The number of aromatic nitrogens is 1. The topological polar surface area (TPSA) is 40.8 Å². The van der Waals surface area contributed by atoms with Crippen LogP contribution in [-0.2, 0) is 7.05 Å². The summed E-state index contributed by atoms with van der Waals surface area (Å²) < 4.78 is 9.11. The van der Waals surface area contributed by atoms with Crippen molar-refractivity contribution in [3.8, 4) is 28.5 Å². The number of hydrogen-bond donors (Lipinski definition) is 0. The van der Waals surface area contributed by atoms with Crippen molar-refractivity contribution in [3.63, 3.8) is 0 Å². The third-order valence-corrected chi connectivity index (χ3v) is 8.64. The average Bonchev–Trinajstić information content (AvgIpc) is 3.32. The summed E-state index contributed by atoms with van der Waals surface area (Å²) in [6.45, 7) is 6.68. The Morgan fingerprint density at radius 2 is 1.65 bits per heavy atom. The Kier molecular flexibility index (Phi) is 5.84. The van der Waals surface area contributed by atoms with Gasteiger partial charge in [-0.1, -0.05) is 61.7 Å². The summed E-state index contributed by atoms with van der Waals surface area (Å²) in [7, 11) is 2.17. The Bertz CT molecular complexity index is 1700. The van der Waals surface area contributed by atoms with Gasteiger partial charge in [-0.25, -0.2) is 0 Å². The van der Waals surface area contributed by atoms with Crippen LogP contribution in [0, 0.1) is 32.1 Å². The van der Waals surface area contributed by atoms with Gasteiger partial charge in [0.15, 0.2) is 5.69 Å². The van der Waals surface area contributed by atoms with Gasteiger partial charge in [0, 0.05) is 34.9 Å². The normalized spacial score (nSPS) is 14.4. The molecule has 184 valence electrons. The van der Waals surface area contributed by atoms with Crippen LogP contribution >= 0.6 is 0 Å². The third-order valence-electron chi connectivity index (χ3n) is 8.64. The average molecular weight is 486 g/mol. The van der Waals surface area contributed by atoms with E-state index in [4.69, 9.17) is 4.42 Å². The molecule has 0 saturated heterocycles. The van der Waals surface area contributed by atoms with Crippen LogP contribution in [0.4, 0.5) is 0 Å². The largest absolute Gasteiger partial charge is 0.454 e. The molecule has 0 atom stereocenters. The number of fused-ring (bicyclic) bond motifs is 3. The van der Waals surface area contributed by atoms with Crippen molar-refractivity contribution in [2.24, 2.45) is 7.05 Å². The summed E-state index contributed by atoms with van der Waals surface area (Å²) in [6.07, 6.45) is 6.53. The van der Waals surface area contributed by atoms with Crippen molar-refractivity contribution in [1.82, 2.24) is 0 Å². The van der Waals surface area contributed by atoms with Gasteiger partial charge in [-0.05, 0) is 61.4 Å². The molecule has 37 heavy (non-hydrogen) atoms. The lowest BCUT2D eigenvalue weighted by molar-refractivity contribution is -0.667. The molecule has 0 unspecified atom stereocenters. The van der Waals surface area contributed by atoms with Crippen LogP contribution in [0.15, 0.2) is 65.1 Å². The molecule has 3 heteroatoms.